The lowest BCUT2D eigenvalue weighted by Crippen LogP contribution is -2.26. The molecule has 0 atom stereocenters. The topological polar surface area (TPSA) is 96.4 Å². The molecule has 0 aliphatic heterocycles. The molecule has 2 aromatic carbocycles. The summed E-state index contributed by atoms with van der Waals surface area (Å²) in [5, 5.41) is 9.86. The number of rotatable bonds is 7. The standard InChI is InChI=1S/C20H18ClFN2O4S2/c1-11-3-5-14(10-15(11)20(25)26)30(27,28)23-8-7-18-12(2)29-19(24-18)13-4-6-17(22)16(21)9-13/h3-6,9-10,23H,7-8H2,1-2H3,(H,25,26). The maximum Gasteiger partial charge on any atom is 0.335 e. The van der Waals surface area contributed by atoms with E-state index < -0.39 is 21.8 Å². The van der Waals surface area contributed by atoms with E-state index in [2.05, 4.69) is 9.71 Å². The van der Waals surface area contributed by atoms with Crippen molar-refractivity contribution in [3.8, 4) is 10.6 Å². The van der Waals surface area contributed by atoms with Gasteiger partial charge in [0.05, 0.1) is 21.2 Å². The number of halogens is 2. The normalized spacial score (nSPS) is 11.6. The van der Waals surface area contributed by atoms with E-state index in [-0.39, 0.29) is 22.0 Å². The molecule has 0 unspecified atom stereocenters. The average molecular weight is 469 g/mol. The summed E-state index contributed by atoms with van der Waals surface area (Å²) < 4.78 is 40.9. The number of hydrogen-bond acceptors (Lipinski definition) is 5. The molecule has 0 fully saturated rings. The highest BCUT2D eigenvalue weighted by Crippen LogP contribution is 2.30. The average Bonchev–Trinajstić information content (AvgIpc) is 3.04. The number of carbonyl (C=O) groups is 1. The van der Waals surface area contributed by atoms with E-state index >= 15 is 0 Å². The SMILES string of the molecule is Cc1ccc(S(=O)(=O)NCCc2nc(-c3ccc(F)c(Cl)c3)sc2C)cc1C(=O)O. The van der Waals surface area contributed by atoms with Crippen LogP contribution in [-0.4, -0.2) is 31.0 Å². The Morgan fingerprint density at radius 1 is 1.23 bits per heavy atom. The van der Waals surface area contributed by atoms with Crippen LogP contribution >= 0.6 is 22.9 Å². The predicted octanol–water partition coefficient (Wildman–Crippen LogP) is 4.44. The molecule has 0 spiro atoms. The third kappa shape index (κ3) is 4.86. The number of aromatic carboxylic acids is 1. The third-order valence-electron chi connectivity index (χ3n) is 4.46. The van der Waals surface area contributed by atoms with Gasteiger partial charge in [0.1, 0.15) is 10.8 Å². The highest BCUT2D eigenvalue weighted by atomic mass is 35.5. The van der Waals surface area contributed by atoms with Gasteiger partial charge < -0.3 is 5.11 Å². The van der Waals surface area contributed by atoms with E-state index in [1.807, 2.05) is 6.92 Å². The zero-order valence-electron chi connectivity index (χ0n) is 16.1. The Kier molecular flexibility index (Phi) is 6.56. The van der Waals surface area contributed by atoms with Crippen LogP contribution in [0, 0.1) is 19.7 Å². The van der Waals surface area contributed by atoms with Gasteiger partial charge in [0, 0.05) is 23.4 Å². The lowest BCUT2D eigenvalue weighted by Gasteiger charge is -2.08. The molecule has 1 aromatic heterocycles. The van der Waals surface area contributed by atoms with Crippen molar-refractivity contribution in [3.05, 3.63) is 68.9 Å². The molecule has 158 valence electrons. The van der Waals surface area contributed by atoms with Gasteiger partial charge in [-0.05, 0) is 49.7 Å². The van der Waals surface area contributed by atoms with Crippen molar-refractivity contribution in [2.45, 2.75) is 25.2 Å². The number of sulfonamides is 1. The van der Waals surface area contributed by atoms with Crippen LogP contribution in [0.15, 0.2) is 41.3 Å². The van der Waals surface area contributed by atoms with Gasteiger partial charge in [-0.2, -0.15) is 0 Å². The fraction of sp³-hybridized carbons (Fsp3) is 0.200. The van der Waals surface area contributed by atoms with Crippen LogP contribution in [0.5, 0.6) is 0 Å². The molecule has 0 amide bonds. The minimum Gasteiger partial charge on any atom is -0.478 e. The molecule has 30 heavy (non-hydrogen) atoms. The number of carboxylic acid groups (broad SMARTS) is 1. The quantitative estimate of drug-likeness (QED) is 0.534. The summed E-state index contributed by atoms with van der Waals surface area (Å²) in [6.07, 6.45) is 0.341. The molecule has 3 aromatic rings. The highest BCUT2D eigenvalue weighted by Gasteiger charge is 2.18. The number of nitrogens with one attached hydrogen (secondary N) is 1. The van der Waals surface area contributed by atoms with E-state index in [0.717, 1.165) is 10.9 Å². The van der Waals surface area contributed by atoms with Gasteiger partial charge in [-0.1, -0.05) is 17.7 Å². The summed E-state index contributed by atoms with van der Waals surface area (Å²) >= 11 is 7.24. The molecule has 0 saturated heterocycles. The molecule has 10 heteroatoms. The Morgan fingerprint density at radius 2 is 1.97 bits per heavy atom. The molecule has 3 rings (SSSR count). The van der Waals surface area contributed by atoms with Crippen LogP contribution in [0.25, 0.3) is 10.6 Å². The van der Waals surface area contributed by atoms with Gasteiger partial charge in [0.15, 0.2) is 0 Å². The van der Waals surface area contributed by atoms with Crippen molar-refractivity contribution in [1.29, 1.82) is 0 Å². The van der Waals surface area contributed by atoms with Crippen LogP contribution in [0.3, 0.4) is 0 Å². The van der Waals surface area contributed by atoms with E-state index in [9.17, 15) is 22.7 Å². The van der Waals surface area contributed by atoms with Crippen LogP contribution in [0.2, 0.25) is 5.02 Å². The fourth-order valence-corrected chi connectivity index (χ4v) is 4.99. The van der Waals surface area contributed by atoms with Gasteiger partial charge >= 0.3 is 5.97 Å². The smallest absolute Gasteiger partial charge is 0.335 e. The minimum atomic E-state index is -3.87. The van der Waals surface area contributed by atoms with Gasteiger partial charge in [0.25, 0.3) is 0 Å². The summed E-state index contributed by atoms with van der Waals surface area (Å²) in [6.45, 7) is 3.56. The summed E-state index contributed by atoms with van der Waals surface area (Å²) in [7, 11) is -3.87. The number of aromatic nitrogens is 1. The lowest BCUT2D eigenvalue weighted by molar-refractivity contribution is 0.0696. The second-order valence-corrected chi connectivity index (χ2v) is 9.96. The first-order valence-electron chi connectivity index (χ1n) is 8.84. The number of benzene rings is 2. The number of thiazole rings is 1. The third-order valence-corrected chi connectivity index (χ3v) is 7.27. The number of carboxylic acids is 1. The number of nitrogens with zero attached hydrogens (tertiary/aromatic N) is 1. The summed E-state index contributed by atoms with van der Waals surface area (Å²) in [6, 6.07) is 8.33. The second kappa shape index (κ2) is 8.81. The number of aryl methyl sites for hydroxylation is 2. The summed E-state index contributed by atoms with van der Waals surface area (Å²) in [5.74, 6) is -1.69. The van der Waals surface area contributed by atoms with Crippen molar-refractivity contribution < 1.29 is 22.7 Å². The van der Waals surface area contributed by atoms with Crippen molar-refractivity contribution in [1.82, 2.24) is 9.71 Å². The monoisotopic (exact) mass is 468 g/mol. The molecule has 6 nitrogen and oxygen atoms in total. The Hall–Kier alpha value is -2.33. The first kappa shape index (κ1) is 22.4. The first-order chi connectivity index (χ1) is 14.1. The van der Waals surface area contributed by atoms with E-state index in [1.165, 1.54) is 35.6 Å². The molecule has 0 aliphatic rings. The van der Waals surface area contributed by atoms with Gasteiger partial charge in [-0.3, -0.25) is 0 Å². The van der Waals surface area contributed by atoms with Crippen LogP contribution < -0.4 is 4.72 Å². The van der Waals surface area contributed by atoms with Crippen molar-refractivity contribution in [2.24, 2.45) is 0 Å². The second-order valence-electron chi connectivity index (χ2n) is 6.58. The van der Waals surface area contributed by atoms with Crippen LogP contribution in [0.4, 0.5) is 4.39 Å². The van der Waals surface area contributed by atoms with Crippen molar-refractivity contribution in [2.75, 3.05) is 6.54 Å². The first-order valence-corrected chi connectivity index (χ1v) is 11.5. The Morgan fingerprint density at radius 3 is 2.63 bits per heavy atom. The molecular weight excluding hydrogens is 451 g/mol. The van der Waals surface area contributed by atoms with Crippen LogP contribution in [-0.2, 0) is 16.4 Å². The zero-order chi connectivity index (χ0) is 22.1. The Balaban J connectivity index is 1.72. The van der Waals surface area contributed by atoms with Gasteiger partial charge in [-0.15, -0.1) is 11.3 Å². The van der Waals surface area contributed by atoms with Crippen molar-refractivity contribution >= 4 is 38.9 Å². The molecule has 1 heterocycles. The summed E-state index contributed by atoms with van der Waals surface area (Å²) in [4.78, 5) is 16.6. The maximum absolute atomic E-state index is 13.4. The zero-order valence-corrected chi connectivity index (χ0v) is 18.5. The Bertz CT molecular complexity index is 1230. The molecule has 0 radical (unpaired) electrons. The molecular formula is C20H18ClFN2O4S2. The Labute approximate surface area is 182 Å². The molecule has 2 N–H and O–H groups in total. The fourth-order valence-electron chi connectivity index (χ4n) is 2.80. The van der Waals surface area contributed by atoms with E-state index in [4.69, 9.17) is 11.6 Å². The van der Waals surface area contributed by atoms with Gasteiger partial charge in [-0.25, -0.2) is 27.3 Å². The van der Waals surface area contributed by atoms with Crippen LogP contribution in [0.1, 0.15) is 26.5 Å². The lowest BCUT2D eigenvalue weighted by atomic mass is 10.1. The van der Waals surface area contributed by atoms with E-state index in [1.54, 1.807) is 13.0 Å². The molecule has 0 aliphatic carbocycles. The number of hydrogen-bond donors (Lipinski definition) is 2. The van der Waals surface area contributed by atoms with Gasteiger partial charge in [0.2, 0.25) is 10.0 Å². The predicted molar refractivity (Wildman–Crippen MR) is 114 cm³/mol. The molecule has 0 saturated carbocycles. The largest absolute Gasteiger partial charge is 0.478 e. The van der Waals surface area contributed by atoms with E-state index in [0.29, 0.717) is 28.2 Å². The summed E-state index contributed by atoms with van der Waals surface area (Å²) in [5.41, 5.74) is 1.82. The van der Waals surface area contributed by atoms with Crippen molar-refractivity contribution in [3.63, 3.8) is 0 Å². The maximum atomic E-state index is 13.4. The highest BCUT2D eigenvalue weighted by molar-refractivity contribution is 7.89. The minimum absolute atomic E-state index is 0.00786. The molecule has 0 bridgehead atoms.